The lowest BCUT2D eigenvalue weighted by Crippen LogP contribution is -2.29. The van der Waals surface area contributed by atoms with Crippen molar-refractivity contribution in [2.24, 2.45) is 0 Å². The van der Waals surface area contributed by atoms with Crippen LogP contribution in [0.1, 0.15) is 23.7 Å². The highest BCUT2D eigenvalue weighted by Crippen LogP contribution is 2.26. The number of rotatable bonds is 7. The van der Waals surface area contributed by atoms with Gasteiger partial charge in [0.05, 0.1) is 12.2 Å². The van der Waals surface area contributed by atoms with E-state index in [4.69, 9.17) is 4.74 Å². The highest BCUT2D eigenvalue weighted by molar-refractivity contribution is 7.19. The summed E-state index contributed by atoms with van der Waals surface area (Å²) in [6, 6.07) is 16.9. The predicted octanol–water partition coefficient (Wildman–Crippen LogP) is 3.38. The fraction of sp³-hybridized carbons (Fsp3) is 0.217. The van der Waals surface area contributed by atoms with E-state index >= 15 is 0 Å². The SMILES string of the molecule is CCc1ccc(OCC(=O)NCc2cc(=O)n3nc(-c4ccccc4C)sc3n2)cc1. The summed E-state index contributed by atoms with van der Waals surface area (Å²) in [5.74, 6) is 0.352. The third kappa shape index (κ3) is 4.80. The van der Waals surface area contributed by atoms with Crippen molar-refractivity contribution in [1.29, 1.82) is 0 Å². The monoisotopic (exact) mass is 434 g/mol. The highest BCUT2D eigenvalue weighted by Gasteiger charge is 2.12. The quantitative estimate of drug-likeness (QED) is 0.482. The second kappa shape index (κ2) is 9.09. The van der Waals surface area contributed by atoms with Gasteiger partial charge in [-0.1, -0.05) is 54.7 Å². The van der Waals surface area contributed by atoms with Crippen molar-refractivity contribution >= 4 is 22.2 Å². The highest BCUT2D eigenvalue weighted by atomic mass is 32.1. The van der Waals surface area contributed by atoms with Gasteiger partial charge in [-0.2, -0.15) is 9.61 Å². The van der Waals surface area contributed by atoms with E-state index in [9.17, 15) is 9.59 Å². The fourth-order valence-corrected chi connectivity index (χ4v) is 4.09. The number of aryl methyl sites for hydroxylation is 2. The molecule has 158 valence electrons. The van der Waals surface area contributed by atoms with Gasteiger partial charge in [-0.25, -0.2) is 4.98 Å². The predicted molar refractivity (Wildman–Crippen MR) is 120 cm³/mol. The Hall–Kier alpha value is -3.52. The van der Waals surface area contributed by atoms with E-state index in [0.717, 1.165) is 22.6 Å². The van der Waals surface area contributed by atoms with Crippen molar-refractivity contribution in [2.75, 3.05) is 6.61 Å². The third-order valence-electron chi connectivity index (χ3n) is 4.84. The number of hydrogen-bond donors (Lipinski definition) is 1. The maximum Gasteiger partial charge on any atom is 0.275 e. The van der Waals surface area contributed by atoms with Gasteiger partial charge in [-0.3, -0.25) is 9.59 Å². The number of ether oxygens (including phenoxy) is 1. The van der Waals surface area contributed by atoms with Crippen LogP contribution in [0.2, 0.25) is 0 Å². The van der Waals surface area contributed by atoms with E-state index in [1.165, 1.54) is 27.5 Å². The number of nitrogens with zero attached hydrogens (tertiary/aromatic N) is 3. The summed E-state index contributed by atoms with van der Waals surface area (Å²) in [5.41, 5.74) is 3.45. The van der Waals surface area contributed by atoms with E-state index in [1.54, 1.807) is 0 Å². The Kier molecular flexibility index (Phi) is 6.08. The minimum absolute atomic E-state index is 0.106. The van der Waals surface area contributed by atoms with Crippen molar-refractivity contribution < 1.29 is 9.53 Å². The molecule has 0 fully saturated rings. The minimum Gasteiger partial charge on any atom is -0.484 e. The number of nitrogens with one attached hydrogen (secondary N) is 1. The average Bonchev–Trinajstić information content (AvgIpc) is 3.21. The summed E-state index contributed by atoms with van der Waals surface area (Å²) in [6.07, 6.45) is 0.949. The smallest absolute Gasteiger partial charge is 0.275 e. The molecule has 2 heterocycles. The number of benzene rings is 2. The van der Waals surface area contributed by atoms with E-state index < -0.39 is 0 Å². The van der Waals surface area contributed by atoms with Crippen LogP contribution in [-0.4, -0.2) is 27.1 Å². The summed E-state index contributed by atoms with van der Waals surface area (Å²) in [4.78, 5) is 29.6. The molecule has 0 aliphatic carbocycles. The van der Waals surface area contributed by atoms with Gasteiger partial charge in [-0.15, -0.1) is 0 Å². The summed E-state index contributed by atoms with van der Waals surface area (Å²) in [7, 11) is 0. The van der Waals surface area contributed by atoms with Gasteiger partial charge in [0.1, 0.15) is 10.8 Å². The third-order valence-corrected chi connectivity index (χ3v) is 5.78. The molecular formula is C23H22N4O3S. The lowest BCUT2D eigenvalue weighted by Gasteiger charge is -2.07. The van der Waals surface area contributed by atoms with Crippen molar-refractivity contribution in [3.8, 4) is 16.3 Å². The second-order valence-corrected chi connectivity index (χ2v) is 8.02. The molecule has 0 bridgehead atoms. The number of aromatic nitrogens is 3. The topological polar surface area (TPSA) is 85.6 Å². The molecule has 2 aromatic heterocycles. The summed E-state index contributed by atoms with van der Waals surface area (Å²) in [6.45, 7) is 4.11. The number of carbonyl (C=O) groups excluding carboxylic acids is 1. The van der Waals surface area contributed by atoms with Crippen molar-refractivity contribution in [3.63, 3.8) is 0 Å². The molecule has 4 aromatic rings. The molecule has 7 nitrogen and oxygen atoms in total. The first-order valence-electron chi connectivity index (χ1n) is 9.97. The van der Waals surface area contributed by atoms with Crippen LogP contribution in [-0.2, 0) is 17.8 Å². The maximum absolute atomic E-state index is 12.5. The Bertz CT molecular complexity index is 1280. The summed E-state index contributed by atoms with van der Waals surface area (Å²) >= 11 is 1.34. The molecule has 31 heavy (non-hydrogen) atoms. The van der Waals surface area contributed by atoms with E-state index in [0.29, 0.717) is 16.4 Å². The largest absolute Gasteiger partial charge is 0.484 e. The van der Waals surface area contributed by atoms with E-state index in [1.807, 2.05) is 55.5 Å². The zero-order chi connectivity index (χ0) is 21.8. The van der Waals surface area contributed by atoms with Crippen molar-refractivity contribution in [1.82, 2.24) is 19.9 Å². The molecule has 0 aliphatic rings. The molecule has 0 saturated carbocycles. The molecule has 0 unspecified atom stereocenters. The Morgan fingerprint density at radius 2 is 1.94 bits per heavy atom. The first-order chi connectivity index (χ1) is 15.0. The molecule has 0 spiro atoms. The van der Waals surface area contributed by atoms with Crippen molar-refractivity contribution in [2.45, 2.75) is 26.8 Å². The van der Waals surface area contributed by atoms with Gasteiger partial charge in [0.15, 0.2) is 6.61 Å². The number of fused-ring (bicyclic) bond motifs is 1. The number of carbonyl (C=O) groups is 1. The standard InChI is InChI=1S/C23H22N4O3S/c1-3-16-8-10-18(11-9-16)30-14-20(28)24-13-17-12-21(29)27-23(25-17)31-22(26-27)19-7-5-4-6-15(19)2/h4-12H,3,13-14H2,1-2H3,(H,24,28). The van der Waals surface area contributed by atoms with Crippen LogP contribution in [0.3, 0.4) is 0 Å². The Balaban J connectivity index is 1.42. The number of amides is 1. The molecule has 1 amide bonds. The van der Waals surface area contributed by atoms with Crippen LogP contribution in [0, 0.1) is 6.92 Å². The maximum atomic E-state index is 12.5. The lowest BCUT2D eigenvalue weighted by atomic mass is 10.1. The molecule has 0 aliphatic heterocycles. The molecule has 4 rings (SSSR count). The first-order valence-corrected chi connectivity index (χ1v) is 10.8. The number of hydrogen-bond acceptors (Lipinski definition) is 6. The Labute approximate surface area is 183 Å². The minimum atomic E-state index is -0.286. The van der Waals surface area contributed by atoms with Gasteiger partial charge < -0.3 is 10.1 Å². The molecule has 0 saturated heterocycles. The van der Waals surface area contributed by atoms with Gasteiger partial charge in [-0.05, 0) is 36.6 Å². The van der Waals surface area contributed by atoms with E-state index in [2.05, 4.69) is 22.3 Å². The Morgan fingerprint density at radius 3 is 2.68 bits per heavy atom. The van der Waals surface area contributed by atoms with Crippen LogP contribution in [0.5, 0.6) is 5.75 Å². The van der Waals surface area contributed by atoms with Gasteiger partial charge >= 0.3 is 0 Å². The van der Waals surface area contributed by atoms with Gasteiger partial charge in [0.25, 0.3) is 11.5 Å². The molecular weight excluding hydrogens is 412 g/mol. The molecule has 2 aromatic carbocycles. The van der Waals surface area contributed by atoms with Gasteiger partial charge in [0, 0.05) is 11.6 Å². The first kappa shape index (κ1) is 20.7. The molecule has 0 radical (unpaired) electrons. The zero-order valence-corrected chi connectivity index (χ0v) is 18.1. The summed E-state index contributed by atoms with van der Waals surface area (Å²) in [5, 5.41) is 7.88. The van der Waals surface area contributed by atoms with E-state index in [-0.39, 0.29) is 24.6 Å². The fourth-order valence-electron chi connectivity index (χ4n) is 3.08. The average molecular weight is 435 g/mol. The molecule has 0 atom stereocenters. The Morgan fingerprint density at radius 1 is 1.16 bits per heavy atom. The van der Waals surface area contributed by atoms with Crippen LogP contribution in [0.15, 0.2) is 59.4 Å². The van der Waals surface area contributed by atoms with Crippen LogP contribution < -0.4 is 15.6 Å². The molecule has 8 heteroatoms. The second-order valence-electron chi connectivity index (χ2n) is 7.07. The van der Waals surface area contributed by atoms with Crippen LogP contribution in [0.25, 0.3) is 15.5 Å². The van der Waals surface area contributed by atoms with Crippen LogP contribution >= 0.6 is 11.3 Å². The van der Waals surface area contributed by atoms with Crippen molar-refractivity contribution in [3.05, 3.63) is 81.8 Å². The summed E-state index contributed by atoms with van der Waals surface area (Å²) < 4.78 is 6.80. The van der Waals surface area contributed by atoms with Gasteiger partial charge in [0.2, 0.25) is 4.96 Å². The zero-order valence-electron chi connectivity index (χ0n) is 17.3. The van der Waals surface area contributed by atoms with Crippen LogP contribution in [0.4, 0.5) is 0 Å². The lowest BCUT2D eigenvalue weighted by molar-refractivity contribution is -0.123. The normalized spacial score (nSPS) is 10.9. The molecule has 1 N–H and O–H groups in total.